The SMILES string of the molecule is [C-]#[N+]C(C)(COc1ccccc1Cl)CC(=O)c1ccc(C)cc1. The Kier molecular flexibility index (Phi) is 5.41. The van der Waals surface area contributed by atoms with E-state index in [1.807, 2.05) is 31.2 Å². The molecule has 2 aromatic carbocycles. The van der Waals surface area contributed by atoms with Gasteiger partial charge in [-0.2, -0.15) is 0 Å². The standard InChI is InChI=1S/C19H18ClNO2/c1-14-8-10-15(11-9-14)17(22)12-19(2,21-3)13-23-18-7-5-4-6-16(18)20/h4-11H,12-13H2,1-2H3. The van der Waals surface area contributed by atoms with Crippen molar-refractivity contribution in [2.75, 3.05) is 6.61 Å². The van der Waals surface area contributed by atoms with Crippen LogP contribution in [0.25, 0.3) is 4.85 Å². The Morgan fingerprint density at radius 1 is 1.22 bits per heavy atom. The van der Waals surface area contributed by atoms with Crippen molar-refractivity contribution < 1.29 is 9.53 Å². The Labute approximate surface area is 141 Å². The van der Waals surface area contributed by atoms with E-state index in [4.69, 9.17) is 22.9 Å². The lowest BCUT2D eigenvalue weighted by Gasteiger charge is -2.18. The highest BCUT2D eigenvalue weighted by atomic mass is 35.5. The molecular formula is C19H18ClNO2. The van der Waals surface area contributed by atoms with Crippen LogP contribution in [0, 0.1) is 13.5 Å². The maximum absolute atomic E-state index is 12.4. The van der Waals surface area contributed by atoms with Crippen molar-refractivity contribution in [3.8, 4) is 5.75 Å². The van der Waals surface area contributed by atoms with Crippen LogP contribution in [0.2, 0.25) is 5.02 Å². The fourth-order valence-corrected chi connectivity index (χ4v) is 2.30. The molecule has 0 N–H and O–H groups in total. The monoisotopic (exact) mass is 327 g/mol. The predicted octanol–water partition coefficient (Wildman–Crippen LogP) is 4.98. The number of rotatable bonds is 6. The zero-order valence-electron chi connectivity index (χ0n) is 13.2. The van der Waals surface area contributed by atoms with E-state index in [2.05, 4.69) is 4.85 Å². The molecule has 0 aliphatic rings. The van der Waals surface area contributed by atoms with Crippen LogP contribution in [0.1, 0.15) is 29.3 Å². The van der Waals surface area contributed by atoms with Crippen LogP contribution in [0.5, 0.6) is 5.75 Å². The van der Waals surface area contributed by atoms with Crippen LogP contribution in [-0.4, -0.2) is 17.9 Å². The summed E-state index contributed by atoms with van der Waals surface area (Å²) in [6.45, 7) is 11.2. The third-order valence-corrected chi connectivity index (χ3v) is 3.87. The average Bonchev–Trinajstić information content (AvgIpc) is 2.54. The number of hydrogen-bond donors (Lipinski definition) is 0. The number of hydrogen-bond acceptors (Lipinski definition) is 2. The Balaban J connectivity index is 2.05. The third-order valence-electron chi connectivity index (χ3n) is 3.56. The molecule has 4 heteroatoms. The minimum atomic E-state index is -0.929. The molecule has 23 heavy (non-hydrogen) atoms. The number of ketones is 1. The minimum Gasteiger partial charge on any atom is -0.484 e. The number of Topliss-reactive ketones (excluding diaryl/α,β-unsaturated/α-hetero) is 1. The average molecular weight is 328 g/mol. The van der Waals surface area contributed by atoms with Crippen LogP contribution < -0.4 is 4.74 Å². The van der Waals surface area contributed by atoms with Crippen molar-refractivity contribution in [3.63, 3.8) is 0 Å². The summed E-state index contributed by atoms with van der Waals surface area (Å²) in [6.07, 6.45) is 0.101. The minimum absolute atomic E-state index is 0.0636. The van der Waals surface area contributed by atoms with Crippen molar-refractivity contribution in [3.05, 3.63) is 76.1 Å². The maximum Gasteiger partial charge on any atom is 0.270 e. The molecule has 2 aromatic rings. The first-order valence-electron chi connectivity index (χ1n) is 7.29. The second-order valence-corrected chi connectivity index (χ2v) is 6.20. The van der Waals surface area contributed by atoms with E-state index in [-0.39, 0.29) is 18.8 Å². The summed E-state index contributed by atoms with van der Waals surface area (Å²) in [4.78, 5) is 16.0. The van der Waals surface area contributed by atoms with Gasteiger partial charge in [0.05, 0.1) is 11.4 Å². The number of benzene rings is 2. The molecule has 0 saturated carbocycles. The molecule has 0 heterocycles. The zero-order chi connectivity index (χ0) is 16.9. The van der Waals surface area contributed by atoms with Crippen LogP contribution in [-0.2, 0) is 0 Å². The zero-order valence-corrected chi connectivity index (χ0v) is 13.9. The number of halogens is 1. The van der Waals surface area contributed by atoms with Crippen LogP contribution >= 0.6 is 11.6 Å². The van der Waals surface area contributed by atoms with Gasteiger partial charge in [-0.3, -0.25) is 4.79 Å². The van der Waals surface area contributed by atoms with E-state index in [1.54, 1.807) is 31.2 Å². The molecule has 3 nitrogen and oxygen atoms in total. The fraction of sp³-hybridized carbons (Fsp3) is 0.263. The van der Waals surface area contributed by atoms with Crippen molar-refractivity contribution >= 4 is 17.4 Å². The van der Waals surface area contributed by atoms with Gasteiger partial charge in [0.15, 0.2) is 12.4 Å². The molecule has 1 atom stereocenters. The summed E-state index contributed by atoms with van der Waals surface area (Å²) in [7, 11) is 0. The lowest BCUT2D eigenvalue weighted by molar-refractivity contribution is 0.0948. The Bertz CT molecular complexity index is 734. The number of ether oxygens (including phenoxy) is 1. The highest BCUT2D eigenvalue weighted by molar-refractivity contribution is 6.32. The van der Waals surface area contributed by atoms with Gasteiger partial charge in [0.25, 0.3) is 5.54 Å². The maximum atomic E-state index is 12.4. The quantitative estimate of drug-likeness (QED) is 0.553. The highest BCUT2D eigenvalue weighted by Gasteiger charge is 2.35. The predicted molar refractivity (Wildman–Crippen MR) is 92.1 cm³/mol. The van der Waals surface area contributed by atoms with Gasteiger partial charge in [-0.15, -0.1) is 0 Å². The van der Waals surface area contributed by atoms with E-state index < -0.39 is 5.54 Å². The summed E-state index contributed by atoms with van der Waals surface area (Å²) in [5.74, 6) is 0.457. The van der Waals surface area contributed by atoms with E-state index in [1.165, 1.54) is 0 Å². The van der Waals surface area contributed by atoms with Gasteiger partial charge in [-0.1, -0.05) is 53.6 Å². The molecule has 0 fully saturated rings. The topological polar surface area (TPSA) is 30.7 Å². The first kappa shape index (κ1) is 17.1. The smallest absolute Gasteiger partial charge is 0.270 e. The Morgan fingerprint density at radius 2 is 1.87 bits per heavy atom. The summed E-state index contributed by atoms with van der Waals surface area (Å²) >= 11 is 6.04. The highest BCUT2D eigenvalue weighted by Crippen LogP contribution is 2.26. The van der Waals surface area contributed by atoms with Gasteiger partial charge in [0.1, 0.15) is 5.75 Å². The Morgan fingerprint density at radius 3 is 2.48 bits per heavy atom. The second-order valence-electron chi connectivity index (χ2n) is 5.79. The van der Waals surface area contributed by atoms with Crippen LogP contribution in [0.15, 0.2) is 48.5 Å². The Hall–Kier alpha value is -2.31. The van der Waals surface area contributed by atoms with Crippen molar-refractivity contribution in [2.45, 2.75) is 25.8 Å². The van der Waals surface area contributed by atoms with E-state index in [0.29, 0.717) is 16.3 Å². The molecule has 2 rings (SSSR count). The van der Waals surface area contributed by atoms with Gasteiger partial charge in [0.2, 0.25) is 0 Å². The summed E-state index contributed by atoms with van der Waals surface area (Å²) in [6, 6.07) is 14.5. The van der Waals surface area contributed by atoms with Gasteiger partial charge in [-0.05, 0) is 19.1 Å². The molecule has 0 amide bonds. The van der Waals surface area contributed by atoms with Gasteiger partial charge in [-0.25, -0.2) is 6.57 Å². The third kappa shape index (κ3) is 4.58. The number of aryl methyl sites for hydroxylation is 1. The van der Waals surface area contributed by atoms with Crippen molar-refractivity contribution in [1.82, 2.24) is 0 Å². The molecule has 0 aliphatic heterocycles. The van der Waals surface area contributed by atoms with Gasteiger partial charge >= 0.3 is 0 Å². The summed E-state index contributed by atoms with van der Waals surface area (Å²) < 4.78 is 5.65. The van der Waals surface area contributed by atoms with E-state index in [0.717, 1.165) is 5.56 Å². The number of carbonyl (C=O) groups is 1. The molecule has 118 valence electrons. The summed E-state index contributed by atoms with van der Waals surface area (Å²) in [5.41, 5.74) is 0.779. The largest absolute Gasteiger partial charge is 0.484 e. The number of carbonyl (C=O) groups excluding carboxylic acids is 1. The van der Waals surface area contributed by atoms with E-state index >= 15 is 0 Å². The molecule has 1 unspecified atom stereocenters. The summed E-state index contributed by atoms with van der Waals surface area (Å²) in [5, 5.41) is 0.490. The fourth-order valence-electron chi connectivity index (χ4n) is 2.11. The van der Waals surface area contributed by atoms with Crippen molar-refractivity contribution in [1.29, 1.82) is 0 Å². The second kappa shape index (κ2) is 7.30. The van der Waals surface area contributed by atoms with Crippen LogP contribution in [0.4, 0.5) is 0 Å². The van der Waals surface area contributed by atoms with Gasteiger partial charge in [0, 0.05) is 12.5 Å². The molecular weight excluding hydrogens is 310 g/mol. The van der Waals surface area contributed by atoms with Crippen molar-refractivity contribution in [2.24, 2.45) is 0 Å². The first-order chi connectivity index (χ1) is 10.9. The number of nitrogens with zero attached hydrogens (tertiary/aromatic N) is 1. The molecule has 0 aromatic heterocycles. The molecule has 0 radical (unpaired) electrons. The van der Waals surface area contributed by atoms with Gasteiger partial charge < -0.3 is 9.58 Å². The first-order valence-corrected chi connectivity index (χ1v) is 7.67. The van der Waals surface area contributed by atoms with Crippen LogP contribution in [0.3, 0.4) is 0 Å². The molecule has 0 bridgehead atoms. The van der Waals surface area contributed by atoms with E-state index in [9.17, 15) is 4.79 Å². The lowest BCUT2D eigenvalue weighted by atomic mass is 9.93. The normalized spacial score (nSPS) is 13.0. The molecule has 0 spiro atoms. The lowest BCUT2D eigenvalue weighted by Crippen LogP contribution is -2.32. The molecule has 0 aliphatic carbocycles. The molecule has 0 saturated heterocycles. The number of para-hydroxylation sites is 1.